The molecule has 0 aliphatic rings. The number of carbonyl (C=O) groups excluding carboxylic acids is 2. The van der Waals surface area contributed by atoms with Crippen LogP contribution in [0, 0.1) is 20.2 Å². The number of furan rings is 2. The van der Waals surface area contributed by atoms with Crippen LogP contribution in [0.1, 0.15) is 62.9 Å². The summed E-state index contributed by atoms with van der Waals surface area (Å²) < 4.78 is 9.75. The van der Waals surface area contributed by atoms with Crippen LogP contribution >= 0.6 is 0 Å². The maximum atomic E-state index is 11.7. The van der Waals surface area contributed by atoms with E-state index in [0.29, 0.717) is 25.7 Å². The van der Waals surface area contributed by atoms with E-state index in [4.69, 9.17) is 8.83 Å². The first-order valence-electron chi connectivity index (χ1n) is 10.5. The lowest BCUT2D eigenvalue weighted by atomic mass is 10.1. The van der Waals surface area contributed by atoms with Gasteiger partial charge in [0.25, 0.3) is 0 Å². The first-order valence-corrected chi connectivity index (χ1v) is 10.5. The Hall–Kier alpha value is -4.36. The number of hydrogen-bond acceptors (Lipinski definition) is 10. The van der Waals surface area contributed by atoms with Crippen LogP contribution in [0.2, 0.25) is 0 Å². The lowest BCUT2D eigenvalue weighted by Crippen LogP contribution is -2.17. The van der Waals surface area contributed by atoms with Crippen LogP contribution in [0.25, 0.3) is 0 Å². The van der Waals surface area contributed by atoms with Crippen LogP contribution in [-0.4, -0.2) is 34.1 Å². The second-order valence-electron chi connectivity index (χ2n) is 7.07. The molecule has 2 heterocycles. The van der Waals surface area contributed by atoms with Crippen LogP contribution in [0.3, 0.4) is 0 Å². The van der Waals surface area contributed by atoms with Crippen molar-refractivity contribution in [2.45, 2.75) is 51.4 Å². The number of unbranched alkanes of at least 4 members (excludes halogenated alkanes) is 5. The number of nitro groups is 2. The molecule has 0 bridgehead atoms. The molecule has 0 atom stereocenters. The van der Waals surface area contributed by atoms with Gasteiger partial charge in [-0.25, -0.2) is 10.9 Å². The van der Waals surface area contributed by atoms with E-state index < -0.39 is 21.6 Å². The Morgan fingerprint density at radius 3 is 1.47 bits per heavy atom. The molecule has 2 aromatic heterocycles. The summed E-state index contributed by atoms with van der Waals surface area (Å²) in [6, 6.07) is 5.15. The van der Waals surface area contributed by atoms with Crippen LogP contribution < -0.4 is 10.9 Å². The maximum Gasteiger partial charge on any atom is 0.433 e. The van der Waals surface area contributed by atoms with Gasteiger partial charge in [0.05, 0.1) is 24.6 Å². The zero-order chi connectivity index (χ0) is 24.8. The summed E-state index contributed by atoms with van der Waals surface area (Å²) in [6.45, 7) is 0. The summed E-state index contributed by atoms with van der Waals surface area (Å²) in [5.74, 6) is -1.01. The fourth-order valence-corrected chi connectivity index (χ4v) is 2.75. The number of hydrazone groups is 2. The van der Waals surface area contributed by atoms with Crippen LogP contribution in [-0.2, 0) is 9.59 Å². The van der Waals surface area contributed by atoms with Crippen molar-refractivity contribution in [3.05, 3.63) is 56.0 Å². The van der Waals surface area contributed by atoms with Gasteiger partial charge in [0, 0.05) is 12.8 Å². The Bertz CT molecular complexity index is 959. The molecule has 14 heteroatoms. The van der Waals surface area contributed by atoms with Crippen molar-refractivity contribution in [3.8, 4) is 0 Å². The minimum Gasteiger partial charge on any atom is -0.400 e. The first-order chi connectivity index (χ1) is 16.3. The number of nitrogens with one attached hydrogen (secondary N) is 2. The van der Waals surface area contributed by atoms with Crippen molar-refractivity contribution in [1.82, 2.24) is 10.9 Å². The van der Waals surface area contributed by atoms with Gasteiger partial charge in [-0.1, -0.05) is 25.7 Å². The van der Waals surface area contributed by atoms with Crippen molar-refractivity contribution in [2.24, 2.45) is 10.2 Å². The Morgan fingerprint density at radius 2 is 1.12 bits per heavy atom. The average Bonchev–Trinajstić information content (AvgIpc) is 3.46. The second kappa shape index (κ2) is 13.9. The molecule has 0 radical (unpaired) electrons. The first kappa shape index (κ1) is 25.9. The highest BCUT2D eigenvalue weighted by Gasteiger charge is 2.11. The topological polar surface area (TPSA) is 195 Å². The standard InChI is InChI=1S/C20H24N6O8/c27-17(23-21-13-15-9-11-19(33-15)25(29)30)7-5-3-1-2-4-6-8-18(28)24-22-14-16-10-12-20(34-16)26(31)32/h9-14H,1-8H2,(H,23,27)(H,24,28)/b21-13-,22-14-. The lowest BCUT2D eigenvalue weighted by molar-refractivity contribution is -0.402. The minimum atomic E-state index is -0.665. The van der Waals surface area contributed by atoms with Crippen molar-refractivity contribution in [2.75, 3.05) is 0 Å². The molecule has 2 N–H and O–H groups in total. The number of carbonyl (C=O) groups is 2. The smallest absolute Gasteiger partial charge is 0.400 e. The van der Waals surface area contributed by atoms with Gasteiger partial charge in [0.2, 0.25) is 11.8 Å². The van der Waals surface area contributed by atoms with Gasteiger partial charge in [0.15, 0.2) is 11.5 Å². The third kappa shape index (κ3) is 9.84. The predicted molar refractivity (Wildman–Crippen MR) is 119 cm³/mol. The molecule has 0 aromatic carbocycles. The number of nitrogens with zero attached hydrogens (tertiary/aromatic N) is 4. The number of rotatable bonds is 15. The summed E-state index contributed by atoms with van der Waals surface area (Å²) in [5, 5.41) is 28.4. The summed E-state index contributed by atoms with van der Waals surface area (Å²) in [7, 11) is 0. The molecule has 34 heavy (non-hydrogen) atoms. The fraction of sp³-hybridized carbons (Fsp3) is 0.400. The van der Waals surface area contributed by atoms with E-state index in [2.05, 4.69) is 21.1 Å². The van der Waals surface area contributed by atoms with Gasteiger partial charge in [-0.15, -0.1) is 0 Å². The molecule has 0 unspecified atom stereocenters. The summed E-state index contributed by atoms with van der Waals surface area (Å²) >= 11 is 0. The normalized spacial score (nSPS) is 11.2. The fourth-order valence-electron chi connectivity index (χ4n) is 2.75. The SMILES string of the molecule is O=C(CCCCCCCCC(=O)N/N=C\c1ccc([N+](=O)[O-])o1)N/N=C\c1ccc([N+](=O)[O-])o1. The Morgan fingerprint density at radius 1 is 0.735 bits per heavy atom. The van der Waals surface area contributed by atoms with E-state index in [1.54, 1.807) is 0 Å². The van der Waals surface area contributed by atoms with Crippen LogP contribution in [0.5, 0.6) is 0 Å². The minimum absolute atomic E-state index is 0.163. The van der Waals surface area contributed by atoms with E-state index in [9.17, 15) is 29.8 Å². The molecule has 0 spiro atoms. The lowest BCUT2D eigenvalue weighted by Gasteiger charge is -2.02. The molecule has 2 amide bonds. The quantitative estimate of drug-likeness (QED) is 0.169. The molecule has 2 aromatic rings. The Kier molecular flexibility index (Phi) is 10.6. The van der Waals surface area contributed by atoms with E-state index >= 15 is 0 Å². The molecular weight excluding hydrogens is 452 g/mol. The van der Waals surface area contributed by atoms with Crippen LogP contribution in [0.4, 0.5) is 11.8 Å². The van der Waals surface area contributed by atoms with Gasteiger partial charge in [-0.3, -0.25) is 29.8 Å². The molecule has 0 saturated carbocycles. The largest absolute Gasteiger partial charge is 0.433 e. The zero-order valence-electron chi connectivity index (χ0n) is 18.2. The molecule has 0 aliphatic heterocycles. The monoisotopic (exact) mass is 476 g/mol. The summed E-state index contributed by atoms with van der Waals surface area (Å²) in [6.07, 6.45) is 7.91. The van der Waals surface area contributed by atoms with Gasteiger partial charge < -0.3 is 8.83 Å². The van der Waals surface area contributed by atoms with Gasteiger partial charge >= 0.3 is 11.8 Å². The summed E-state index contributed by atoms with van der Waals surface area (Å²) in [5.41, 5.74) is 4.67. The number of amides is 2. The van der Waals surface area contributed by atoms with Gasteiger partial charge in [-0.2, -0.15) is 10.2 Å². The van der Waals surface area contributed by atoms with Crippen molar-refractivity contribution in [3.63, 3.8) is 0 Å². The zero-order valence-corrected chi connectivity index (χ0v) is 18.2. The Balaban J connectivity index is 1.45. The van der Waals surface area contributed by atoms with Gasteiger partial charge in [0.1, 0.15) is 9.85 Å². The van der Waals surface area contributed by atoms with Crippen molar-refractivity contribution in [1.29, 1.82) is 0 Å². The maximum absolute atomic E-state index is 11.7. The number of hydrogen-bond donors (Lipinski definition) is 2. The molecule has 0 saturated heterocycles. The van der Waals surface area contributed by atoms with E-state index in [0.717, 1.165) is 25.7 Å². The highest BCUT2D eigenvalue weighted by Crippen LogP contribution is 2.14. The third-order valence-electron chi connectivity index (χ3n) is 4.40. The van der Waals surface area contributed by atoms with Crippen molar-refractivity contribution < 1.29 is 28.3 Å². The molecular formula is C20H24N6O8. The van der Waals surface area contributed by atoms with Crippen molar-refractivity contribution >= 4 is 36.0 Å². The highest BCUT2D eigenvalue weighted by molar-refractivity contribution is 5.81. The van der Waals surface area contributed by atoms with E-state index in [-0.39, 0.29) is 23.3 Å². The van der Waals surface area contributed by atoms with E-state index in [1.807, 2.05) is 0 Å². The third-order valence-corrected chi connectivity index (χ3v) is 4.40. The Labute approximate surface area is 193 Å². The highest BCUT2D eigenvalue weighted by atomic mass is 16.7. The molecule has 2 rings (SSSR count). The molecule has 182 valence electrons. The average molecular weight is 476 g/mol. The molecule has 14 nitrogen and oxygen atoms in total. The van der Waals surface area contributed by atoms with Gasteiger partial charge in [-0.05, 0) is 25.0 Å². The van der Waals surface area contributed by atoms with Crippen LogP contribution in [0.15, 0.2) is 43.3 Å². The molecule has 0 fully saturated rings. The predicted octanol–water partition coefficient (Wildman–Crippen LogP) is 3.41. The second-order valence-corrected chi connectivity index (χ2v) is 7.07. The van der Waals surface area contributed by atoms with E-state index in [1.165, 1.54) is 36.7 Å². The summed E-state index contributed by atoms with van der Waals surface area (Å²) in [4.78, 5) is 43.1. The molecule has 0 aliphatic carbocycles.